The molecule has 196 valence electrons. The minimum absolute atomic E-state index is 0.0167. The van der Waals surface area contributed by atoms with Crippen LogP contribution in [-0.4, -0.2) is 62.6 Å². The van der Waals surface area contributed by atoms with Crippen molar-refractivity contribution in [1.82, 2.24) is 9.47 Å². The van der Waals surface area contributed by atoms with Crippen LogP contribution in [0.4, 0.5) is 0 Å². The molecule has 2 aliphatic heterocycles. The summed E-state index contributed by atoms with van der Waals surface area (Å²) in [6.45, 7) is 4.58. The molecule has 0 N–H and O–H groups in total. The van der Waals surface area contributed by atoms with E-state index in [1.54, 1.807) is 20.3 Å². The topological polar surface area (TPSA) is 79.2 Å². The van der Waals surface area contributed by atoms with Crippen molar-refractivity contribution in [3.8, 4) is 22.8 Å². The van der Waals surface area contributed by atoms with Gasteiger partial charge >= 0.3 is 5.97 Å². The summed E-state index contributed by atoms with van der Waals surface area (Å²) in [6, 6.07) is 5.71. The van der Waals surface area contributed by atoms with Crippen molar-refractivity contribution >= 4 is 5.97 Å². The summed E-state index contributed by atoms with van der Waals surface area (Å²) >= 11 is 0. The molecule has 8 heteroatoms. The summed E-state index contributed by atoms with van der Waals surface area (Å²) in [6.07, 6.45) is 7.34. The largest absolute Gasteiger partial charge is 0.493 e. The molecule has 0 amide bonds. The number of hydrogen-bond acceptors (Lipinski definition) is 7. The van der Waals surface area contributed by atoms with Crippen LogP contribution in [0.1, 0.15) is 56.2 Å². The number of carbonyl (C=O) groups is 1. The summed E-state index contributed by atoms with van der Waals surface area (Å²) in [4.78, 5) is 27.7. The number of carbonyl (C=O) groups excluding carboxylic acids is 1. The van der Waals surface area contributed by atoms with Crippen LogP contribution in [-0.2, 0) is 27.2 Å². The lowest BCUT2D eigenvalue weighted by Crippen LogP contribution is -2.45. The van der Waals surface area contributed by atoms with Gasteiger partial charge in [-0.05, 0) is 49.9 Å². The maximum atomic E-state index is 13.3. The third-order valence-corrected chi connectivity index (χ3v) is 7.35. The highest BCUT2D eigenvalue weighted by Gasteiger charge is 2.31. The second kappa shape index (κ2) is 11.9. The Morgan fingerprint density at radius 3 is 2.64 bits per heavy atom. The van der Waals surface area contributed by atoms with E-state index in [-0.39, 0.29) is 23.5 Å². The number of esters is 1. The lowest BCUT2D eigenvalue weighted by Gasteiger charge is -2.35. The van der Waals surface area contributed by atoms with Gasteiger partial charge < -0.3 is 23.5 Å². The molecule has 4 rings (SSSR count). The van der Waals surface area contributed by atoms with E-state index in [0.717, 1.165) is 61.9 Å². The molecule has 2 aliphatic rings. The Hall–Kier alpha value is -2.84. The Kier molecular flexibility index (Phi) is 8.69. The van der Waals surface area contributed by atoms with Crippen LogP contribution in [0.15, 0.2) is 29.2 Å². The zero-order valence-corrected chi connectivity index (χ0v) is 21.9. The molecule has 1 fully saturated rings. The van der Waals surface area contributed by atoms with Gasteiger partial charge in [0.05, 0.1) is 26.5 Å². The summed E-state index contributed by atoms with van der Waals surface area (Å²) in [5.74, 6) is 1.15. The summed E-state index contributed by atoms with van der Waals surface area (Å²) in [5.41, 5.74) is 3.73. The SMILES string of the molecule is CCC1Cc2cc(OCCCOC)c(OC)cc2-c2cc(=O)c(CN3CCCCC3C(=O)OC)cn21. The number of ether oxygens (including phenoxy) is 4. The van der Waals surface area contributed by atoms with Gasteiger partial charge in [0, 0.05) is 56.1 Å². The smallest absolute Gasteiger partial charge is 0.323 e. The number of fused-ring (bicyclic) bond motifs is 3. The number of hydrogen-bond donors (Lipinski definition) is 0. The lowest BCUT2D eigenvalue weighted by molar-refractivity contribution is -0.148. The van der Waals surface area contributed by atoms with E-state index in [0.29, 0.717) is 36.8 Å². The first-order chi connectivity index (χ1) is 17.5. The molecule has 36 heavy (non-hydrogen) atoms. The Morgan fingerprint density at radius 1 is 1.08 bits per heavy atom. The average molecular weight is 499 g/mol. The molecule has 2 atom stereocenters. The Balaban J connectivity index is 1.67. The first-order valence-corrected chi connectivity index (χ1v) is 12.9. The van der Waals surface area contributed by atoms with Gasteiger partial charge in [0.2, 0.25) is 0 Å². The number of piperidine rings is 1. The zero-order valence-electron chi connectivity index (χ0n) is 21.9. The fourth-order valence-corrected chi connectivity index (χ4v) is 5.39. The predicted octanol–water partition coefficient (Wildman–Crippen LogP) is 3.97. The highest BCUT2D eigenvalue weighted by Crippen LogP contribution is 2.41. The van der Waals surface area contributed by atoms with Crippen molar-refractivity contribution in [2.75, 3.05) is 41.1 Å². The van der Waals surface area contributed by atoms with Crippen molar-refractivity contribution < 1.29 is 23.7 Å². The van der Waals surface area contributed by atoms with Crippen molar-refractivity contribution in [2.24, 2.45) is 0 Å². The van der Waals surface area contributed by atoms with Crippen molar-refractivity contribution in [1.29, 1.82) is 0 Å². The fraction of sp³-hybridized carbons (Fsp3) is 0.571. The molecule has 1 aromatic carbocycles. The van der Waals surface area contributed by atoms with Gasteiger partial charge in [-0.2, -0.15) is 0 Å². The molecule has 3 heterocycles. The van der Waals surface area contributed by atoms with E-state index in [4.69, 9.17) is 18.9 Å². The van der Waals surface area contributed by atoms with Gasteiger partial charge in [0.15, 0.2) is 16.9 Å². The molecule has 2 unspecified atom stereocenters. The molecule has 8 nitrogen and oxygen atoms in total. The van der Waals surface area contributed by atoms with E-state index in [1.807, 2.05) is 12.3 Å². The first kappa shape index (κ1) is 26.2. The number of likely N-dealkylation sites (tertiary alicyclic amines) is 1. The van der Waals surface area contributed by atoms with E-state index in [1.165, 1.54) is 7.11 Å². The van der Waals surface area contributed by atoms with Gasteiger partial charge in [-0.15, -0.1) is 0 Å². The van der Waals surface area contributed by atoms with Gasteiger partial charge in [0.25, 0.3) is 0 Å². The number of benzene rings is 1. The monoisotopic (exact) mass is 498 g/mol. The van der Waals surface area contributed by atoms with E-state index < -0.39 is 0 Å². The highest BCUT2D eigenvalue weighted by atomic mass is 16.5. The highest BCUT2D eigenvalue weighted by molar-refractivity contribution is 5.75. The molecule has 0 radical (unpaired) electrons. The number of rotatable bonds is 10. The third kappa shape index (κ3) is 5.44. The second-order valence-corrected chi connectivity index (χ2v) is 9.58. The molecule has 1 aromatic heterocycles. The van der Waals surface area contributed by atoms with Gasteiger partial charge in [0.1, 0.15) is 6.04 Å². The van der Waals surface area contributed by atoms with Crippen LogP contribution in [0.25, 0.3) is 11.3 Å². The van der Waals surface area contributed by atoms with E-state index >= 15 is 0 Å². The number of pyridine rings is 1. The predicted molar refractivity (Wildman–Crippen MR) is 138 cm³/mol. The van der Waals surface area contributed by atoms with Gasteiger partial charge in [-0.25, -0.2) is 0 Å². The molecular weight excluding hydrogens is 460 g/mol. The Bertz CT molecular complexity index is 1130. The minimum Gasteiger partial charge on any atom is -0.493 e. The van der Waals surface area contributed by atoms with E-state index in [9.17, 15) is 9.59 Å². The van der Waals surface area contributed by atoms with Crippen LogP contribution in [0.3, 0.4) is 0 Å². The molecule has 1 saturated heterocycles. The van der Waals surface area contributed by atoms with Gasteiger partial charge in [-0.1, -0.05) is 13.3 Å². The Morgan fingerprint density at radius 2 is 1.92 bits per heavy atom. The lowest BCUT2D eigenvalue weighted by atomic mass is 9.90. The number of aromatic nitrogens is 1. The van der Waals surface area contributed by atoms with Crippen molar-refractivity contribution in [3.05, 3.63) is 45.7 Å². The molecule has 2 aromatic rings. The van der Waals surface area contributed by atoms with Crippen LogP contribution >= 0.6 is 0 Å². The van der Waals surface area contributed by atoms with E-state index in [2.05, 4.69) is 22.5 Å². The van der Waals surface area contributed by atoms with Crippen LogP contribution in [0.2, 0.25) is 0 Å². The first-order valence-electron chi connectivity index (χ1n) is 12.9. The molecule has 0 bridgehead atoms. The maximum absolute atomic E-state index is 13.3. The van der Waals surface area contributed by atoms with Crippen LogP contribution < -0.4 is 14.9 Å². The number of nitrogens with zero attached hydrogens (tertiary/aromatic N) is 2. The number of methoxy groups -OCH3 is 3. The van der Waals surface area contributed by atoms with Crippen LogP contribution in [0, 0.1) is 0 Å². The molecule has 0 aliphatic carbocycles. The summed E-state index contributed by atoms with van der Waals surface area (Å²) in [5, 5.41) is 0. The summed E-state index contributed by atoms with van der Waals surface area (Å²) in [7, 11) is 4.74. The van der Waals surface area contributed by atoms with Crippen molar-refractivity contribution in [2.45, 2.75) is 64.1 Å². The van der Waals surface area contributed by atoms with Crippen molar-refractivity contribution in [3.63, 3.8) is 0 Å². The molecule has 0 spiro atoms. The normalized spacial score (nSPS) is 19.3. The zero-order chi connectivity index (χ0) is 25.7. The fourth-order valence-electron chi connectivity index (χ4n) is 5.39. The average Bonchev–Trinajstić information content (AvgIpc) is 2.90. The molecule has 0 saturated carbocycles. The summed E-state index contributed by atoms with van der Waals surface area (Å²) < 4.78 is 24.0. The standard InChI is InChI=1S/C28H38N2O6/c1-5-21-13-19-14-27(36-12-8-11-33-2)26(34-3)15-22(19)24-16-25(31)20(18-30(21)24)17-29-10-7-6-9-23(29)28(32)35-4/h14-16,18,21,23H,5-13,17H2,1-4H3. The quantitative estimate of drug-likeness (QED) is 0.362. The Labute approximate surface area is 213 Å². The third-order valence-electron chi connectivity index (χ3n) is 7.35. The maximum Gasteiger partial charge on any atom is 0.323 e. The van der Waals surface area contributed by atoms with Crippen LogP contribution in [0.5, 0.6) is 11.5 Å². The molecular formula is C28H38N2O6. The second-order valence-electron chi connectivity index (χ2n) is 9.58. The minimum atomic E-state index is -0.293. The van der Waals surface area contributed by atoms with Gasteiger partial charge in [-0.3, -0.25) is 14.5 Å².